The Bertz CT molecular complexity index is 337. The zero-order chi connectivity index (χ0) is 12.1. The molecule has 2 rings (SSSR count). The van der Waals surface area contributed by atoms with Gasteiger partial charge in [0, 0.05) is 19.7 Å². The maximum absolute atomic E-state index is 8.97. The molecule has 0 aliphatic carbocycles. The van der Waals surface area contributed by atoms with Crippen LogP contribution in [0.3, 0.4) is 0 Å². The predicted molar refractivity (Wildman–Crippen MR) is 67.5 cm³/mol. The van der Waals surface area contributed by atoms with E-state index in [1.165, 1.54) is 12.0 Å². The van der Waals surface area contributed by atoms with E-state index in [-0.39, 0.29) is 6.61 Å². The van der Waals surface area contributed by atoms with Gasteiger partial charge in [0.2, 0.25) is 0 Å². The van der Waals surface area contributed by atoms with Crippen molar-refractivity contribution in [1.29, 1.82) is 0 Å². The van der Waals surface area contributed by atoms with Crippen molar-refractivity contribution in [3.8, 4) is 0 Å². The zero-order valence-electron chi connectivity index (χ0n) is 10.2. The maximum atomic E-state index is 8.97. The molecule has 0 saturated carbocycles. The highest BCUT2D eigenvalue weighted by molar-refractivity contribution is 5.21. The fraction of sp³-hybridized carbons (Fsp3) is 0.571. The molecule has 0 radical (unpaired) electrons. The predicted octanol–water partition coefficient (Wildman–Crippen LogP) is 1.38. The Morgan fingerprint density at radius 2 is 1.82 bits per heavy atom. The van der Waals surface area contributed by atoms with Gasteiger partial charge in [0.05, 0.1) is 6.61 Å². The third-order valence-electron chi connectivity index (χ3n) is 3.52. The molecule has 1 aliphatic rings. The van der Waals surface area contributed by atoms with E-state index >= 15 is 0 Å². The molecule has 1 saturated heterocycles. The van der Waals surface area contributed by atoms with Gasteiger partial charge in [-0.25, -0.2) is 0 Å². The molecular formula is C14H21NO2. The zero-order valence-corrected chi connectivity index (χ0v) is 10.2. The summed E-state index contributed by atoms with van der Waals surface area (Å²) in [5.41, 5.74) is 2.26. The highest BCUT2D eigenvalue weighted by atomic mass is 16.3. The molecule has 3 heteroatoms. The first-order valence-electron chi connectivity index (χ1n) is 6.33. The molecule has 1 heterocycles. The van der Waals surface area contributed by atoms with E-state index in [0.29, 0.717) is 12.5 Å². The van der Waals surface area contributed by atoms with Crippen molar-refractivity contribution in [2.45, 2.75) is 26.0 Å². The quantitative estimate of drug-likeness (QED) is 0.810. The Labute approximate surface area is 103 Å². The minimum Gasteiger partial charge on any atom is -0.396 e. The van der Waals surface area contributed by atoms with E-state index in [9.17, 15) is 0 Å². The average Bonchev–Trinajstić information content (AvgIpc) is 2.78. The summed E-state index contributed by atoms with van der Waals surface area (Å²) in [7, 11) is 0. The van der Waals surface area contributed by atoms with Gasteiger partial charge in [-0.2, -0.15) is 0 Å². The lowest BCUT2D eigenvalue weighted by atomic mass is 10.1. The molecule has 94 valence electrons. The lowest BCUT2D eigenvalue weighted by molar-refractivity contribution is 0.249. The van der Waals surface area contributed by atoms with Crippen LogP contribution in [0.1, 0.15) is 24.0 Å². The van der Waals surface area contributed by atoms with Gasteiger partial charge < -0.3 is 10.2 Å². The Morgan fingerprint density at radius 1 is 1.12 bits per heavy atom. The van der Waals surface area contributed by atoms with Crippen LogP contribution in [0.15, 0.2) is 24.3 Å². The van der Waals surface area contributed by atoms with Crippen LogP contribution in [0.2, 0.25) is 0 Å². The summed E-state index contributed by atoms with van der Waals surface area (Å²) in [6.07, 6.45) is 2.13. The van der Waals surface area contributed by atoms with Crippen molar-refractivity contribution >= 4 is 0 Å². The van der Waals surface area contributed by atoms with Crippen LogP contribution in [0.25, 0.3) is 0 Å². The number of benzene rings is 1. The van der Waals surface area contributed by atoms with Gasteiger partial charge in [-0.05, 0) is 36.4 Å². The second-order valence-corrected chi connectivity index (χ2v) is 4.88. The van der Waals surface area contributed by atoms with Crippen molar-refractivity contribution < 1.29 is 10.2 Å². The fourth-order valence-electron chi connectivity index (χ4n) is 2.48. The molecule has 0 aromatic heterocycles. The van der Waals surface area contributed by atoms with E-state index in [2.05, 4.69) is 17.0 Å². The number of aliphatic hydroxyl groups excluding tert-OH is 2. The average molecular weight is 235 g/mol. The van der Waals surface area contributed by atoms with E-state index in [1.807, 2.05) is 12.1 Å². The second-order valence-electron chi connectivity index (χ2n) is 4.88. The Morgan fingerprint density at radius 3 is 2.47 bits per heavy atom. The van der Waals surface area contributed by atoms with Crippen molar-refractivity contribution in [2.75, 3.05) is 19.7 Å². The number of nitrogens with zero attached hydrogens (tertiary/aromatic N) is 1. The Balaban J connectivity index is 1.84. The first-order chi connectivity index (χ1) is 8.31. The van der Waals surface area contributed by atoms with E-state index in [1.54, 1.807) is 0 Å². The third kappa shape index (κ3) is 3.53. The molecule has 0 bridgehead atoms. The number of hydrogen-bond donors (Lipinski definition) is 2. The molecule has 3 nitrogen and oxygen atoms in total. The lowest BCUT2D eigenvalue weighted by Gasteiger charge is -2.16. The standard InChI is InChI=1S/C14H21NO2/c16-8-6-13-5-7-15(10-13)9-12-1-3-14(11-17)4-2-12/h1-4,13,16-17H,5-11H2. The first-order valence-corrected chi connectivity index (χ1v) is 6.33. The summed E-state index contributed by atoms with van der Waals surface area (Å²) in [5, 5.41) is 17.9. The van der Waals surface area contributed by atoms with Crippen LogP contribution in [-0.4, -0.2) is 34.8 Å². The maximum Gasteiger partial charge on any atom is 0.0681 e. The summed E-state index contributed by atoms with van der Waals surface area (Å²) in [6, 6.07) is 8.14. The van der Waals surface area contributed by atoms with Gasteiger partial charge in [-0.3, -0.25) is 4.90 Å². The second kappa shape index (κ2) is 6.15. The van der Waals surface area contributed by atoms with Crippen LogP contribution in [0.5, 0.6) is 0 Å². The minimum absolute atomic E-state index is 0.114. The largest absolute Gasteiger partial charge is 0.396 e. The minimum atomic E-state index is 0.114. The van der Waals surface area contributed by atoms with Gasteiger partial charge >= 0.3 is 0 Å². The van der Waals surface area contributed by atoms with Crippen molar-refractivity contribution in [2.24, 2.45) is 5.92 Å². The van der Waals surface area contributed by atoms with E-state index < -0.39 is 0 Å². The van der Waals surface area contributed by atoms with Gasteiger partial charge in [0.15, 0.2) is 0 Å². The molecule has 2 N–H and O–H groups in total. The van der Waals surface area contributed by atoms with Crippen LogP contribution in [0.4, 0.5) is 0 Å². The Kier molecular flexibility index (Phi) is 4.54. The fourth-order valence-corrected chi connectivity index (χ4v) is 2.48. The monoisotopic (exact) mass is 235 g/mol. The van der Waals surface area contributed by atoms with Gasteiger partial charge in [0.25, 0.3) is 0 Å². The van der Waals surface area contributed by atoms with Crippen LogP contribution in [0, 0.1) is 5.92 Å². The highest BCUT2D eigenvalue weighted by Gasteiger charge is 2.21. The van der Waals surface area contributed by atoms with Crippen molar-refractivity contribution in [1.82, 2.24) is 4.90 Å². The summed E-state index contributed by atoms with van der Waals surface area (Å²) in [6.45, 7) is 3.63. The van der Waals surface area contributed by atoms with Crippen LogP contribution < -0.4 is 0 Å². The molecule has 17 heavy (non-hydrogen) atoms. The molecule has 0 spiro atoms. The van der Waals surface area contributed by atoms with Crippen molar-refractivity contribution in [3.05, 3.63) is 35.4 Å². The first kappa shape index (κ1) is 12.6. The van der Waals surface area contributed by atoms with Crippen molar-refractivity contribution in [3.63, 3.8) is 0 Å². The normalized spacial score (nSPS) is 20.9. The van der Waals surface area contributed by atoms with E-state index in [0.717, 1.165) is 31.6 Å². The number of rotatable bonds is 5. The van der Waals surface area contributed by atoms with Gasteiger partial charge in [-0.15, -0.1) is 0 Å². The van der Waals surface area contributed by atoms with Crippen LogP contribution >= 0.6 is 0 Å². The molecule has 1 atom stereocenters. The molecule has 1 aromatic carbocycles. The van der Waals surface area contributed by atoms with Gasteiger partial charge in [-0.1, -0.05) is 24.3 Å². The highest BCUT2D eigenvalue weighted by Crippen LogP contribution is 2.21. The number of likely N-dealkylation sites (tertiary alicyclic amines) is 1. The molecule has 1 fully saturated rings. The summed E-state index contributed by atoms with van der Waals surface area (Å²) in [5.74, 6) is 0.664. The molecule has 1 aromatic rings. The van der Waals surface area contributed by atoms with Gasteiger partial charge in [0.1, 0.15) is 0 Å². The van der Waals surface area contributed by atoms with Crippen LogP contribution in [-0.2, 0) is 13.2 Å². The van der Waals surface area contributed by atoms with E-state index in [4.69, 9.17) is 10.2 Å². The molecule has 1 unspecified atom stereocenters. The summed E-state index contributed by atoms with van der Waals surface area (Å²) in [4.78, 5) is 2.44. The number of hydrogen-bond acceptors (Lipinski definition) is 3. The smallest absolute Gasteiger partial charge is 0.0681 e. The Hall–Kier alpha value is -0.900. The topological polar surface area (TPSA) is 43.7 Å². The SMILES string of the molecule is OCCC1CCN(Cc2ccc(CO)cc2)C1. The molecular weight excluding hydrogens is 214 g/mol. The molecule has 0 amide bonds. The third-order valence-corrected chi connectivity index (χ3v) is 3.52. The summed E-state index contributed by atoms with van der Waals surface area (Å²) >= 11 is 0. The summed E-state index contributed by atoms with van der Waals surface area (Å²) < 4.78 is 0. The lowest BCUT2D eigenvalue weighted by Crippen LogP contribution is -2.20. The molecule has 1 aliphatic heterocycles. The number of aliphatic hydroxyl groups is 2.